The summed E-state index contributed by atoms with van der Waals surface area (Å²) in [5.74, 6) is 0.518. The number of nitrogens with zero attached hydrogens (tertiary/aromatic N) is 4. The van der Waals surface area contributed by atoms with Crippen molar-refractivity contribution in [1.29, 1.82) is 0 Å². The first-order valence-electron chi connectivity index (χ1n) is 7.80. The largest absolute Gasteiger partial charge is 0.339 e. The van der Waals surface area contributed by atoms with Crippen LogP contribution in [0.4, 0.5) is 17.2 Å². The van der Waals surface area contributed by atoms with Crippen LogP contribution in [0.1, 0.15) is 15.9 Å². The van der Waals surface area contributed by atoms with Crippen molar-refractivity contribution < 1.29 is 4.79 Å². The summed E-state index contributed by atoms with van der Waals surface area (Å²) in [4.78, 5) is 26.5. The van der Waals surface area contributed by atoms with E-state index in [1.807, 2.05) is 18.2 Å². The minimum absolute atomic E-state index is 0.0357. The van der Waals surface area contributed by atoms with Gasteiger partial charge in [-0.3, -0.25) is 9.78 Å². The fourth-order valence-electron chi connectivity index (χ4n) is 2.88. The van der Waals surface area contributed by atoms with Crippen molar-refractivity contribution in [2.45, 2.75) is 6.42 Å². The highest BCUT2D eigenvalue weighted by atomic mass is 35.5. The van der Waals surface area contributed by atoms with Gasteiger partial charge in [-0.1, -0.05) is 11.6 Å². The molecule has 3 aromatic rings. The van der Waals surface area contributed by atoms with Gasteiger partial charge in [0.25, 0.3) is 5.91 Å². The molecular formula is C18H14ClN5O. The molecule has 1 N–H and O–H groups in total. The standard InChI is InChI=1S/C18H14ClN5O/c19-15-10-21-11-22-17(15)23-14-3-4-16-12(8-14)5-7-24(16)18(25)13-2-1-6-20-9-13/h1-4,6,8-11H,5,7H2,(H,21,22,23). The van der Waals surface area contributed by atoms with Crippen LogP contribution in [-0.4, -0.2) is 27.4 Å². The van der Waals surface area contributed by atoms with Crippen LogP contribution < -0.4 is 10.2 Å². The van der Waals surface area contributed by atoms with Gasteiger partial charge in [-0.15, -0.1) is 0 Å². The minimum atomic E-state index is -0.0357. The fourth-order valence-corrected chi connectivity index (χ4v) is 3.03. The van der Waals surface area contributed by atoms with Gasteiger partial charge in [-0.25, -0.2) is 9.97 Å². The maximum Gasteiger partial charge on any atom is 0.259 e. The molecule has 0 atom stereocenters. The van der Waals surface area contributed by atoms with Gasteiger partial charge < -0.3 is 10.2 Å². The number of nitrogens with one attached hydrogen (secondary N) is 1. The van der Waals surface area contributed by atoms with Crippen molar-refractivity contribution in [3.8, 4) is 0 Å². The summed E-state index contributed by atoms with van der Waals surface area (Å²) in [5, 5.41) is 3.64. The molecule has 1 aromatic carbocycles. The van der Waals surface area contributed by atoms with Gasteiger partial charge in [0.2, 0.25) is 0 Å². The zero-order valence-corrected chi connectivity index (χ0v) is 13.9. The van der Waals surface area contributed by atoms with Gasteiger partial charge in [0, 0.05) is 30.3 Å². The first kappa shape index (κ1) is 15.5. The fraction of sp³-hybridized carbons (Fsp3) is 0.111. The van der Waals surface area contributed by atoms with Crippen molar-refractivity contribution in [2.24, 2.45) is 0 Å². The number of halogens is 1. The molecule has 6 nitrogen and oxygen atoms in total. The van der Waals surface area contributed by atoms with Crippen molar-refractivity contribution >= 4 is 34.7 Å². The van der Waals surface area contributed by atoms with E-state index in [0.717, 1.165) is 23.4 Å². The number of fused-ring (bicyclic) bond motifs is 1. The highest BCUT2D eigenvalue weighted by Crippen LogP contribution is 2.33. The Balaban J connectivity index is 1.58. The summed E-state index contributed by atoms with van der Waals surface area (Å²) < 4.78 is 0. The molecule has 0 spiro atoms. The Hall–Kier alpha value is -2.99. The zero-order chi connectivity index (χ0) is 17.2. The van der Waals surface area contributed by atoms with E-state index in [2.05, 4.69) is 20.3 Å². The highest BCUT2D eigenvalue weighted by Gasteiger charge is 2.25. The third kappa shape index (κ3) is 3.04. The number of carbonyl (C=O) groups is 1. The first-order valence-corrected chi connectivity index (χ1v) is 8.17. The normalized spacial score (nSPS) is 12.8. The van der Waals surface area contributed by atoms with Crippen molar-refractivity contribution in [1.82, 2.24) is 15.0 Å². The van der Waals surface area contributed by atoms with E-state index < -0.39 is 0 Å². The maximum atomic E-state index is 12.7. The molecule has 0 unspecified atom stereocenters. The van der Waals surface area contributed by atoms with E-state index in [1.165, 1.54) is 6.33 Å². The van der Waals surface area contributed by atoms with Crippen molar-refractivity contribution in [2.75, 3.05) is 16.8 Å². The van der Waals surface area contributed by atoms with Gasteiger partial charge in [-0.2, -0.15) is 0 Å². The second-order valence-corrected chi connectivity index (χ2v) is 6.04. The molecule has 0 saturated carbocycles. The molecule has 0 fully saturated rings. The molecule has 124 valence electrons. The smallest absolute Gasteiger partial charge is 0.259 e. The molecule has 4 rings (SSSR count). The molecular weight excluding hydrogens is 338 g/mol. The van der Waals surface area contributed by atoms with Crippen molar-refractivity contribution in [3.05, 3.63) is 71.4 Å². The van der Waals surface area contributed by atoms with E-state index in [0.29, 0.717) is 22.9 Å². The Morgan fingerprint density at radius 1 is 1.20 bits per heavy atom. The number of pyridine rings is 1. The van der Waals surface area contributed by atoms with Gasteiger partial charge in [-0.05, 0) is 42.3 Å². The second-order valence-electron chi connectivity index (χ2n) is 5.64. The summed E-state index contributed by atoms with van der Waals surface area (Å²) in [5.41, 5.74) is 3.49. The molecule has 3 heterocycles. The average Bonchev–Trinajstić information content (AvgIpc) is 3.07. The predicted molar refractivity (Wildman–Crippen MR) is 96.4 cm³/mol. The lowest BCUT2D eigenvalue weighted by molar-refractivity contribution is 0.0989. The van der Waals surface area contributed by atoms with Crippen LogP contribution in [0.2, 0.25) is 5.02 Å². The van der Waals surface area contributed by atoms with Gasteiger partial charge in [0.1, 0.15) is 11.3 Å². The van der Waals surface area contributed by atoms with E-state index in [-0.39, 0.29) is 5.91 Å². The third-order valence-corrected chi connectivity index (χ3v) is 4.34. The molecule has 25 heavy (non-hydrogen) atoms. The number of hydrogen-bond donors (Lipinski definition) is 1. The van der Waals surface area contributed by atoms with Gasteiger partial charge in [0.15, 0.2) is 5.82 Å². The van der Waals surface area contributed by atoms with Crippen LogP contribution >= 0.6 is 11.6 Å². The molecule has 0 bridgehead atoms. The molecule has 2 aromatic heterocycles. The SMILES string of the molecule is O=C(c1cccnc1)N1CCc2cc(Nc3ncncc3Cl)ccc21. The van der Waals surface area contributed by atoms with Gasteiger partial charge >= 0.3 is 0 Å². The van der Waals surface area contributed by atoms with Crippen LogP contribution in [0.25, 0.3) is 0 Å². The lowest BCUT2D eigenvalue weighted by Crippen LogP contribution is -2.28. The first-order chi connectivity index (χ1) is 12.2. The Labute approximate surface area is 149 Å². The van der Waals surface area contributed by atoms with E-state index in [1.54, 1.807) is 35.6 Å². The number of benzene rings is 1. The van der Waals surface area contributed by atoms with Crippen LogP contribution in [0.5, 0.6) is 0 Å². The monoisotopic (exact) mass is 351 g/mol. The quantitative estimate of drug-likeness (QED) is 0.782. The number of rotatable bonds is 3. The molecule has 1 amide bonds. The number of carbonyl (C=O) groups excluding carboxylic acids is 1. The predicted octanol–water partition coefficient (Wildman–Crippen LogP) is 3.47. The second kappa shape index (κ2) is 6.49. The van der Waals surface area contributed by atoms with Crippen LogP contribution in [0, 0.1) is 0 Å². The molecule has 0 radical (unpaired) electrons. The molecule has 1 aliphatic heterocycles. The number of anilines is 3. The summed E-state index contributed by atoms with van der Waals surface area (Å²) in [6.45, 7) is 0.654. The van der Waals surface area contributed by atoms with Gasteiger partial charge in [0.05, 0.1) is 11.8 Å². The van der Waals surface area contributed by atoms with E-state index in [4.69, 9.17) is 11.6 Å². The van der Waals surface area contributed by atoms with E-state index >= 15 is 0 Å². The topological polar surface area (TPSA) is 71.0 Å². The molecule has 0 saturated heterocycles. The summed E-state index contributed by atoms with van der Waals surface area (Å²) in [6.07, 6.45) is 7.03. The average molecular weight is 352 g/mol. The Kier molecular flexibility index (Phi) is 4.03. The number of amides is 1. The Bertz CT molecular complexity index is 932. The third-order valence-electron chi connectivity index (χ3n) is 4.06. The lowest BCUT2D eigenvalue weighted by atomic mass is 10.1. The van der Waals surface area contributed by atoms with Crippen LogP contribution in [0.3, 0.4) is 0 Å². The highest BCUT2D eigenvalue weighted by molar-refractivity contribution is 6.32. The number of aromatic nitrogens is 3. The van der Waals surface area contributed by atoms with Crippen molar-refractivity contribution in [3.63, 3.8) is 0 Å². The maximum absolute atomic E-state index is 12.7. The Morgan fingerprint density at radius 3 is 2.92 bits per heavy atom. The summed E-state index contributed by atoms with van der Waals surface area (Å²) >= 11 is 6.08. The van der Waals surface area contributed by atoms with E-state index in [9.17, 15) is 4.79 Å². The molecule has 0 aliphatic carbocycles. The van der Waals surface area contributed by atoms with Crippen LogP contribution in [0.15, 0.2) is 55.2 Å². The molecule has 1 aliphatic rings. The summed E-state index contributed by atoms with van der Waals surface area (Å²) in [6, 6.07) is 9.41. The lowest BCUT2D eigenvalue weighted by Gasteiger charge is -2.17. The van der Waals surface area contributed by atoms with Crippen LogP contribution in [-0.2, 0) is 6.42 Å². The summed E-state index contributed by atoms with van der Waals surface area (Å²) in [7, 11) is 0. The minimum Gasteiger partial charge on any atom is -0.339 e. The zero-order valence-electron chi connectivity index (χ0n) is 13.2. The Morgan fingerprint density at radius 2 is 2.12 bits per heavy atom. The molecule has 7 heteroatoms. The number of hydrogen-bond acceptors (Lipinski definition) is 5.